The van der Waals surface area contributed by atoms with Gasteiger partial charge in [0.15, 0.2) is 0 Å². The number of carbonyl (C=O) groups excluding carboxylic acids is 2. The average molecular weight is 317 g/mol. The predicted octanol–water partition coefficient (Wildman–Crippen LogP) is 2.84. The fraction of sp³-hybridized carbons (Fsp3) is 0.556. The van der Waals surface area contributed by atoms with Crippen LogP contribution in [0.15, 0.2) is 30.3 Å². The summed E-state index contributed by atoms with van der Waals surface area (Å²) in [4.78, 5) is 26.0. The number of nitrogens with one attached hydrogen (secondary N) is 2. The zero-order valence-electron chi connectivity index (χ0n) is 13.9. The van der Waals surface area contributed by atoms with Crippen molar-refractivity contribution >= 4 is 11.9 Å². The molecule has 0 bridgehead atoms. The van der Waals surface area contributed by atoms with Gasteiger partial charge in [0.2, 0.25) is 5.91 Å². The largest absolute Gasteiger partial charge is 0.343 e. The lowest BCUT2D eigenvalue weighted by Crippen LogP contribution is -2.40. The van der Waals surface area contributed by atoms with Crippen LogP contribution in [-0.2, 0) is 4.79 Å². The van der Waals surface area contributed by atoms with Crippen molar-refractivity contribution in [3.05, 3.63) is 35.9 Å². The number of amides is 3. The minimum Gasteiger partial charge on any atom is -0.343 e. The molecule has 2 N–H and O–H groups in total. The van der Waals surface area contributed by atoms with E-state index in [4.69, 9.17) is 0 Å². The van der Waals surface area contributed by atoms with E-state index in [0.29, 0.717) is 13.0 Å². The van der Waals surface area contributed by atoms with E-state index in [-0.39, 0.29) is 18.0 Å². The Labute approximate surface area is 138 Å². The number of benzene rings is 1. The van der Waals surface area contributed by atoms with E-state index >= 15 is 0 Å². The van der Waals surface area contributed by atoms with E-state index in [0.717, 1.165) is 31.5 Å². The Bertz CT molecular complexity index is 496. The topological polar surface area (TPSA) is 61.4 Å². The third-order valence-electron chi connectivity index (χ3n) is 4.23. The molecule has 0 unspecified atom stereocenters. The van der Waals surface area contributed by atoms with Crippen LogP contribution in [0.4, 0.5) is 4.79 Å². The summed E-state index contributed by atoms with van der Waals surface area (Å²) in [6.45, 7) is 4.03. The van der Waals surface area contributed by atoms with Crippen LogP contribution in [0.2, 0.25) is 0 Å². The molecular weight excluding hydrogens is 290 g/mol. The first-order valence-electron chi connectivity index (χ1n) is 8.54. The molecule has 23 heavy (non-hydrogen) atoms. The molecule has 126 valence electrons. The normalized spacial score (nSPS) is 16.3. The summed E-state index contributed by atoms with van der Waals surface area (Å²) < 4.78 is 0. The Morgan fingerprint density at radius 2 is 1.74 bits per heavy atom. The third kappa shape index (κ3) is 5.93. The van der Waals surface area contributed by atoms with Gasteiger partial charge in [-0.1, -0.05) is 43.2 Å². The molecule has 0 aromatic heterocycles. The number of likely N-dealkylation sites (tertiary alicyclic amines) is 1. The summed E-state index contributed by atoms with van der Waals surface area (Å²) in [6.07, 6.45) is 4.97. The lowest BCUT2D eigenvalue weighted by Gasteiger charge is -2.20. The van der Waals surface area contributed by atoms with Gasteiger partial charge in [0.05, 0.1) is 6.04 Å². The highest BCUT2D eigenvalue weighted by molar-refractivity contribution is 5.78. The van der Waals surface area contributed by atoms with Crippen LogP contribution in [0.5, 0.6) is 0 Å². The maximum absolute atomic E-state index is 12.1. The van der Waals surface area contributed by atoms with Gasteiger partial charge in [0, 0.05) is 26.1 Å². The van der Waals surface area contributed by atoms with Gasteiger partial charge in [-0.25, -0.2) is 4.79 Å². The molecular formula is C18H27N3O2. The molecule has 1 aromatic carbocycles. The number of carbonyl (C=O) groups is 2. The number of rotatable bonds is 5. The molecule has 1 aliphatic heterocycles. The summed E-state index contributed by atoms with van der Waals surface area (Å²) in [5.74, 6) is 0.142. The second kappa shape index (κ2) is 9.18. The maximum atomic E-state index is 12.1. The molecule has 1 fully saturated rings. The quantitative estimate of drug-likeness (QED) is 0.877. The first-order valence-corrected chi connectivity index (χ1v) is 8.54. The predicted molar refractivity (Wildman–Crippen MR) is 91.1 cm³/mol. The molecule has 2 rings (SSSR count). The minimum atomic E-state index is -0.231. The summed E-state index contributed by atoms with van der Waals surface area (Å²) in [7, 11) is 0. The van der Waals surface area contributed by atoms with Gasteiger partial charge in [0.25, 0.3) is 0 Å². The van der Waals surface area contributed by atoms with E-state index in [2.05, 4.69) is 10.6 Å². The first kappa shape index (κ1) is 17.3. The second-order valence-corrected chi connectivity index (χ2v) is 6.08. The number of hydrogen-bond acceptors (Lipinski definition) is 2. The Morgan fingerprint density at radius 3 is 2.39 bits per heavy atom. The fourth-order valence-corrected chi connectivity index (χ4v) is 2.83. The standard InChI is InChI=1S/C18H27N3O2/c1-15(16-9-5-4-6-10-16)20-18(23)19-12-11-17(22)21-13-7-2-3-8-14-21/h4-6,9-10,15H,2-3,7-8,11-14H2,1H3,(H2,19,20,23)/t15-/m0/s1. The molecule has 1 aromatic rings. The second-order valence-electron chi connectivity index (χ2n) is 6.08. The van der Waals surface area contributed by atoms with Crippen molar-refractivity contribution in [1.29, 1.82) is 0 Å². The maximum Gasteiger partial charge on any atom is 0.315 e. The van der Waals surface area contributed by atoms with Gasteiger partial charge < -0.3 is 15.5 Å². The molecule has 3 amide bonds. The average Bonchev–Trinajstić information content (AvgIpc) is 2.85. The van der Waals surface area contributed by atoms with Crippen LogP contribution in [0.3, 0.4) is 0 Å². The van der Waals surface area contributed by atoms with Crippen LogP contribution in [0.1, 0.15) is 50.6 Å². The van der Waals surface area contributed by atoms with Gasteiger partial charge in [-0.15, -0.1) is 0 Å². The van der Waals surface area contributed by atoms with E-state index < -0.39 is 0 Å². The molecule has 0 radical (unpaired) electrons. The van der Waals surface area contributed by atoms with Gasteiger partial charge in [-0.2, -0.15) is 0 Å². The van der Waals surface area contributed by atoms with Crippen molar-refractivity contribution in [1.82, 2.24) is 15.5 Å². The molecule has 0 spiro atoms. The van der Waals surface area contributed by atoms with E-state index in [9.17, 15) is 9.59 Å². The molecule has 0 aliphatic carbocycles. The Balaban J connectivity index is 1.67. The molecule has 5 nitrogen and oxygen atoms in total. The van der Waals surface area contributed by atoms with Gasteiger partial charge >= 0.3 is 6.03 Å². The van der Waals surface area contributed by atoms with E-state index in [1.807, 2.05) is 42.2 Å². The molecule has 0 saturated carbocycles. The van der Waals surface area contributed by atoms with Gasteiger partial charge in [-0.3, -0.25) is 4.79 Å². The van der Waals surface area contributed by atoms with Crippen LogP contribution in [0.25, 0.3) is 0 Å². The summed E-state index contributed by atoms with van der Waals surface area (Å²) >= 11 is 0. The highest BCUT2D eigenvalue weighted by atomic mass is 16.2. The first-order chi connectivity index (χ1) is 11.2. The molecule has 1 saturated heterocycles. The smallest absolute Gasteiger partial charge is 0.315 e. The van der Waals surface area contributed by atoms with Crippen molar-refractivity contribution < 1.29 is 9.59 Å². The van der Waals surface area contributed by atoms with Crippen LogP contribution in [-0.4, -0.2) is 36.5 Å². The summed E-state index contributed by atoms with van der Waals surface area (Å²) in [5.41, 5.74) is 1.06. The Morgan fingerprint density at radius 1 is 1.09 bits per heavy atom. The zero-order chi connectivity index (χ0) is 16.5. The fourth-order valence-electron chi connectivity index (χ4n) is 2.83. The lowest BCUT2D eigenvalue weighted by molar-refractivity contribution is -0.131. The van der Waals surface area contributed by atoms with Crippen LogP contribution < -0.4 is 10.6 Å². The summed E-state index contributed by atoms with van der Waals surface area (Å²) in [5, 5.41) is 5.66. The Hall–Kier alpha value is -2.04. The SMILES string of the molecule is C[C@H](NC(=O)NCCC(=O)N1CCCCCC1)c1ccccc1. The van der Waals surface area contributed by atoms with Crippen LogP contribution >= 0.6 is 0 Å². The lowest BCUT2D eigenvalue weighted by atomic mass is 10.1. The number of nitrogens with zero attached hydrogens (tertiary/aromatic N) is 1. The van der Waals surface area contributed by atoms with Gasteiger partial charge in [0.1, 0.15) is 0 Å². The van der Waals surface area contributed by atoms with E-state index in [1.165, 1.54) is 12.8 Å². The highest BCUT2D eigenvalue weighted by Crippen LogP contribution is 2.11. The number of urea groups is 1. The van der Waals surface area contributed by atoms with Crippen molar-refractivity contribution in [2.45, 2.75) is 45.1 Å². The third-order valence-corrected chi connectivity index (χ3v) is 4.23. The van der Waals surface area contributed by atoms with Crippen molar-refractivity contribution in [2.75, 3.05) is 19.6 Å². The van der Waals surface area contributed by atoms with Crippen molar-refractivity contribution in [2.24, 2.45) is 0 Å². The molecule has 1 atom stereocenters. The van der Waals surface area contributed by atoms with Crippen LogP contribution in [0, 0.1) is 0 Å². The van der Waals surface area contributed by atoms with Gasteiger partial charge in [-0.05, 0) is 25.3 Å². The minimum absolute atomic E-state index is 0.0579. The summed E-state index contributed by atoms with van der Waals surface area (Å²) in [6, 6.07) is 9.52. The molecule has 5 heteroatoms. The van der Waals surface area contributed by atoms with Crippen molar-refractivity contribution in [3.8, 4) is 0 Å². The zero-order valence-corrected chi connectivity index (χ0v) is 13.9. The monoisotopic (exact) mass is 317 g/mol. The van der Waals surface area contributed by atoms with Crippen molar-refractivity contribution in [3.63, 3.8) is 0 Å². The molecule has 1 aliphatic rings. The van der Waals surface area contributed by atoms with E-state index in [1.54, 1.807) is 0 Å². The number of hydrogen-bond donors (Lipinski definition) is 2. The highest BCUT2D eigenvalue weighted by Gasteiger charge is 2.15. The molecule has 1 heterocycles. The Kier molecular flexibility index (Phi) is 6.91.